The molecule has 0 bridgehead atoms. The summed E-state index contributed by atoms with van der Waals surface area (Å²) in [6, 6.07) is 16.2. The van der Waals surface area contributed by atoms with Gasteiger partial charge in [-0.15, -0.1) is 0 Å². The predicted octanol–water partition coefficient (Wildman–Crippen LogP) is -0.0536. The molecule has 0 spiro atoms. The van der Waals surface area contributed by atoms with Gasteiger partial charge in [0.25, 0.3) is 0 Å². The van der Waals surface area contributed by atoms with Gasteiger partial charge in [0.15, 0.2) is 22.1 Å². The number of carbonyl (C=O) groups is 4. The van der Waals surface area contributed by atoms with E-state index in [0.29, 0.717) is 0 Å². The Labute approximate surface area is 205 Å². The van der Waals surface area contributed by atoms with Gasteiger partial charge in [-0.25, -0.2) is 19.9 Å². The van der Waals surface area contributed by atoms with Crippen molar-refractivity contribution in [2.24, 2.45) is 0 Å². The number of rotatable bonds is 8. The van der Waals surface area contributed by atoms with Crippen LogP contribution in [0.4, 0.5) is 0 Å². The van der Waals surface area contributed by atoms with Crippen LogP contribution in [0.3, 0.4) is 0 Å². The van der Waals surface area contributed by atoms with Crippen molar-refractivity contribution in [1.82, 2.24) is 9.97 Å². The second-order valence-corrected chi connectivity index (χ2v) is 7.20. The van der Waals surface area contributed by atoms with Crippen LogP contribution in [0.2, 0.25) is 0 Å². The Balaban J connectivity index is 0.000000240. The predicted molar refractivity (Wildman–Crippen MR) is 123 cm³/mol. The third kappa shape index (κ3) is 13.7. The standard InChI is InChI=1S/2C7H6N2.2C5H8O4/c2*1-2-4-7-6(3-1)8-5-9-7;2*6-4(7)2-1-3-5(8)9/h2*1-5H,(H,8,9);2*1-3H2,(H,6,7)(H,8,9). The van der Waals surface area contributed by atoms with Crippen molar-refractivity contribution in [3.8, 4) is 0 Å². The van der Waals surface area contributed by atoms with E-state index in [4.69, 9.17) is 10.2 Å². The minimum Gasteiger partial charge on any atom is -0.550 e. The summed E-state index contributed by atoms with van der Waals surface area (Å²) in [4.78, 5) is 51.1. The van der Waals surface area contributed by atoms with Crippen molar-refractivity contribution in [3.05, 3.63) is 61.2 Å². The second kappa shape index (κ2) is 16.8. The molecule has 0 radical (unpaired) electrons. The first-order valence-corrected chi connectivity index (χ1v) is 10.9. The third-order valence-electron chi connectivity index (χ3n) is 4.31. The summed E-state index contributed by atoms with van der Waals surface area (Å²) in [5.41, 5.74) is 4.60. The van der Waals surface area contributed by atoms with Gasteiger partial charge in [-0.3, -0.25) is 9.59 Å². The maximum atomic E-state index is 9.77. The molecule has 2 heterocycles. The summed E-state index contributed by atoms with van der Waals surface area (Å²) in [6.07, 6.45) is 3.39. The monoisotopic (exact) mass is 500 g/mol. The lowest BCUT2D eigenvalue weighted by atomic mass is 10.2. The van der Waals surface area contributed by atoms with E-state index in [-0.39, 0.29) is 38.5 Å². The van der Waals surface area contributed by atoms with Crippen LogP contribution in [-0.2, 0) is 19.2 Å². The molecule has 0 atom stereocenters. The number of hydrogen-bond donors (Lipinski definition) is 4. The van der Waals surface area contributed by atoms with Gasteiger partial charge in [0.05, 0.1) is 0 Å². The fourth-order valence-corrected chi connectivity index (χ4v) is 2.62. The van der Waals surface area contributed by atoms with E-state index in [1.165, 1.54) is 0 Å². The van der Waals surface area contributed by atoms with E-state index in [2.05, 4.69) is 19.9 Å². The number of benzene rings is 2. The molecule has 0 aliphatic carbocycles. The summed E-state index contributed by atoms with van der Waals surface area (Å²) >= 11 is 0. The van der Waals surface area contributed by atoms with Gasteiger partial charge in [-0.05, 0) is 49.9 Å². The van der Waals surface area contributed by atoms with Crippen molar-refractivity contribution >= 4 is 45.9 Å². The molecular formula is C24H28N4O8. The molecule has 4 aromatic rings. The number of aromatic nitrogens is 4. The Morgan fingerprint density at radius 2 is 1.00 bits per heavy atom. The summed E-state index contributed by atoms with van der Waals surface area (Å²) in [7, 11) is 0. The minimum atomic E-state index is -1.20. The number of fused-ring (bicyclic) bond motifs is 2. The van der Waals surface area contributed by atoms with Crippen LogP contribution in [-0.4, -0.2) is 44.1 Å². The maximum absolute atomic E-state index is 9.77. The van der Waals surface area contributed by atoms with E-state index < -0.39 is 23.9 Å². The van der Waals surface area contributed by atoms with Gasteiger partial charge in [0.2, 0.25) is 12.7 Å². The first-order valence-electron chi connectivity index (χ1n) is 10.9. The molecule has 4 rings (SSSR count). The number of aromatic amines is 4. The molecule has 0 aliphatic rings. The van der Waals surface area contributed by atoms with Crippen LogP contribution < -0.4 is 20.2 Å². The molecule has 12 nitrogen and oxygen atoms in total. The number of nitrogens with one attached hydrogen (secondary N) is 4. The quantitative estimate of drug-likeness (QED) is 0.256. The fraction of sp³-hybridized carbons (Fsp3) is 0.250. The van der Waals surface area contributed by atoms with Gasteiger partial charge in [-0.2, -0.15) is 0 Å². The van der Waals surface area contributed by atoms with Gasteiger partial charge in [0.1, 0.15) is 0 Å². The fourth-order valence-electron chi connectivity index (χ4n) is 2.62. The molecule has 0 aliphatic heterocycles. The Kier molecular flexibility index (Phi) is 13.7. The molecule has 0 saturated carbocycles. The largest absolute Gasteiger partial charge is 0.550 e. The van der Waals surface area contributed by atoms with E-state index in [1.54, 1.807) is 0 Å². The van der Waals surface area contributed by atoms with Crippen LogP contribution >= 0.6 is 0 Å². The zero-order chi connectivity index (χ0) is 26.8. The minimum absolute atomic E-state index is 0.103. The highest BCUT2D eigenvalue weighted by Gasteiger charge is 1.97. The lowest BCUT2D eigenvalue weighted by Gasteiger charge is -1.96. The first kappa shape index (κ1) is 29.3. The summed E-state index contributed by atoms with van der Waals surface area (Å²) in [5, 5.41) is 35.4. The van der Waals surface area contributed by atoms with Gasteiger partial charge in [-0.1, -0.05) is 24.3 Å². The number of para-hydroxylation sites is 4. The highest BCUT2D eigenvalue weighted by atomic mass is 16.4. The molecule has 0 saturated heterocycles. The van der Waals surface area contributed by atoms with Gasteiger partial charge in [0, 0.05) is 24.8 Å². The topological polar surface area (TPSA) is 215 Å². The van der Waals surface area contributed by atoms with E-state index in [0.717, 1.165) is 22.1 Å². The summed E-state index contributed by atoms with van der Waals surface area (Å²) < 4.78 is 0. The van der Waals surface area contributed by atoms with Gasteiger partial charge >= 0.3 is 11.9 Å². The number of carboxylic acids is 4. The van der Waals surface area contributed by atoms with Crippen molar-refractivity contribution in [2.45, 2.75) is 38.5 Å². The Bertz CT molecular complexity index is 1050. The summed E-state index contributed by atoms with van der Waals surface area (Å²) in [6.45, 7) is 0. The summed E-state index contributed by atoms with van der Waals surface area (Å²) in [5.74, 6) is -4.35. The molecule has 6 N–H and O–H groups in total. The molecule has 0 amide bonds. The Morgan fingerprint density at radius 3 is 1.31 bits per heavy atom. The molecule has 2 aromatic heterocycles. The number of imidazole rings is 2. The number of H-pyrrole nitrogens is 4. The van der Waals surface area contributed by atoms with Gasteiger partial charge < -0.3 is 30.0 Å². The van der Waals surface area contributed by atoms with Crippen molar-refractivity contribution in [1.29, 1.82) is 0 Å². The van der Waals surface area contributed by atoms with Crippen LogP contribution in [0.1, 0.15) is 38.5 Å². The van der Waals surface area contributed by atoms with Crippen molar-refractivity contribution in [3.63, 3.8) is 0 Å². The Hall–Kier alpha value is -4.74. The van der Waals surface area contributed by atoms with E-state index in [1.807, 2.05) is 61.2 Å². The molecule has 0 fully saturated rings. The normalized spacial score (nSPS) is 9.56. The number of carboxylic acid groups (broad SMARTS) is 4. The smallest absolute Gasteiger partial charge is 0.303 e. The SMILES string of the molecule is O=C([O-])CCCC(=O)O.O=C([O-])CCCC(=O)O.c1ccc2[nH+]c[nH]c2c1.c1ccc2[nH+]c[nH]c2c1. The molecule has 36 heavy (non-hydrogen) atoms. The maximum Gasteiger partial charge on any atom is 0.303 e. The lowest BCUT2D eigenvalue weighted by molar-refractivity contribution is -0.344. The number of carbonyl (C=O) groups excluding carboxylic acids is 2. The van der Waals surface area contributed by atoms with E-state index in [9.17, 15) is 29.4 Å². The second-order valence-electron chi connectivity index (χ2n) is 7.20. The molecule has 2 aromatic carbocycles. The average molecular weight is 501 g/mol. The highest BCUT2D eigenvalue weighted by Crippen LogP contribution is 2.02. The Morgan fingerprint density at radius 1 is 0.639 bits per heavy atom. The van der Waals surface area contributed by atoms with Crippen molar-refractivity contribution < 1.29 is 49.6 Å². The van der Waals surface area contributed by atoms with Crippen LogP contribution in [0.25, 0.3) is 22.1 Å². The number of aliphatic carboxylic acids is 4. The highest BCUT2D eigenvalue weighted by molar-refractivity contribution is 5.71. The molecule has 192 valence electrons. The lowest BCUT2D eigenvalue weighted by Crippen LogP contribution is -2.21. The van der Waals surface area contributed by atoms with Crippen LogP contribution in [0, 0.1) is 0 Å². The van der Waals surface area contributed by atoms with Crippen molar-refractivity contribution in [2.75, 3.05) is 0 Å². The zero-order valence-electron chi connectivity index (χ0n) is 19.4. The first-order chi connectivity index (χ1) is 17.2. The van der Waals surface area contributed by atoms with Crippen LogP contribution in [0.15, 0.2) is 61.2 Å². The average Bonchev–Trinajstić information content (AvgIpc) is 3.49. The zero-order valence-corrected chi connectivity index (χ0v) is 19.4. The molecule has 12 heteroatoms. The third-order valence-corrected chi connectivity index (χ3v) is 4.31. The van der Waals surface area contributed by atoms with E-state index >= 15 is 0 Å². The number of hydrogen-bond acceptors (Lipinski definition) is 6. The van der Waals surface area contributed by atoms with Crippen LogP contribution in [0.5, 0.6) is 0 Å². The molecular weight excluding hydrogens is 472 g/mol. The molecule has 0 unspecified atom stereocenters.